The molecule has 3 atom stereocenters. The number of ketones is 5. The fourth-order valence-corrected chi connectivity index (χ4v) is 15.1. The van der Waals surface area contributed by atoms with Crippen molar-refractivity contribution in [2.24, 2.45) is 52.3 Å². The average Bonchev–Trinajstić information content (AvgIpc) is 0.799. The quantitative estimate of drug-likeness (QED) is 0.00990. The number of esters is 10. The van der Waals surface area contributed by atoms with Gasteiger partial charge in [-0.1, -0.05) is 123 Å². The Hall–Kier alpha value is -11.1. The number of rotatable bonds is 46. The first kappa shape index (κ1) is 105. The Morgan fingerprint density at radius 1 is 0.370 bits per heavy atom. The minimum Gasteiger partial charge on any atom is -0.465 e. The predicted molar refractivity (Wildman–Crippen MR) is 475 cm³/mol. The third kappa shape index (κ3) is 40.2. The number of para-hydroxylation sites is 1. The Bertz CT molecular complexity index is 4360. The van der Waals surface area contributed by atoms with E-state index in [0.29, 0.717) is 203 Å². The number of Topliss-reactive ketones (excluding diaryl/α,β-unsaturated/α-hetero) is 4. The molecule has 127 heavy (non-hydrogen) atoms. The second-order valence-electron chi connectivity index (χ2n) is 35.4. The molecule has 0 spiro atoms. The molecule has 0 bridgehead atoms. The molecule has 25 heteroatoms. The lowest BCUT2D eigenvalue weighted by Crippen LogP contribution is -2.40. The first-order valence-electron chi connectivity index (χ1n) is 44.9. The summed E-state index contributed by atoms with van der Waals surface area (Å²) in [7, 11) is 0. The highest BCUT2D eigenvalue weighted by Crippen LogP contribution is 2.40. The van der Waals surface area contributed by atoms with Gasteiger partial charge in [-0.15, -0.1) is 0 Å². The summed E-state index contributed by atoms with van der Waals surface area (Å²) in [6, 6.07) is 30.5. The number of benzene rings is 4. The Kier molecular flexibility index (Phi) is 45.2. The van der Waals surface area contributed by atoms with Gasteiger partial charge in [-0.3, -0.25) is 62.3 Å². The summed E-state index contributed by atoms with van der Waals surface area (Å²) in [6.45, 7) is 28.2. The molecule has 3 fully saturated rings. The van der Waals surface area contributed by atoms with Gasteiger partial charge in [0, 0.05) is 82.3 Å². The van der Waals surface area contributed by atoms with E-state index in [-0.39, 0.29) is 168 Å². The summed E-state index contributed by atoms with van der Waals surface area (Å²) < 4.78 is 54.2. The number of aryl methyl sites for hydroxylation is 2. The van der Waals surface area contributed by atoms with Crippen LogP contribution in [-0.2, 0) is 120 Å². The summed E-state index contributed by atoms with van der Waals surface area (Å²) in [6.07, 6.45) is 16.9. The molecule has 0 aromatic heterocycles. The van der Waals surface area contributed by atoms with Gasteiger partial charge in [-0.25, -0.2) is 9.59 Å². The molecule has 8 rings (SSSR count). The monoisotopic (exact) mass is 1760 g/mol. The molecule has 4 aliphatic rings. The smallest absolute Gasteiger partial charge is 0.330 e. The van der Waals surface area contributed by atoms with E-state index < -0.39 is 30.1 Å². The molecular formula is C102H132O25. The zero-order valence-electron chi connectivity index (χ0n) is 75.8. The Morgan fingerprint density at radius 3 is 1.13 bits per heavy atom. The van der Waals surface area contributed by atoms with E-state index in [1.807, 2.05) is 85.7 Å². The van der Waals surface area contributed by atoms with Crippen molar-refractivity contribution in [3.63, 3.8) is 0 Å². The lowest BCUT2D eigenvalue weighted by molar-refractivity contribution is -0.162. The first-order chi connectivity index (χ1) is 60.5. The van der Waals surface area contributed by atoms with E-state index in [1.165, 1.54) is 12.2 Å². The zero-order valence-corrected chi connectivity index (χ0v) is 75.8. The van der Waals surface area contributed by atoms with Crippen LogP contribution in [0.1, 0.15) is 259 Å². The molecular weight excluding hydrogens is 1630 g/mol. The molecule has 690 valence electrons. The fraction of sp³-hybridized carbons (Fsp3) is 0.539. The van der Waals surface area contributed by atoms with E-state index in [9.17, 15) is 71.9 Å². The van der Waals surface area contributed by atoms with E-state index >= 15 is 0 Å². The molecule has 4 aliphatic carbocycles. The van der Waals surface area contributed by atoms with E-state index in [2.05, 4.69) is 24.5 Å². The molecule has 0 amide bonds. The summed E-state index contributed by atoms with van der Waals surface area (Å²) in [4.78, 5) is 183. The molecule has 0 aliphatic heterocycles. The van der Waals surface area contributed by atoms with Gasteiger partial charge in [0.1, 0.15) is 71.6 Å². The van der Waals surface area contributed by atoms with E-state index in [4.69, 9.17) is 42.6 Å². The summed E-state index contributed by atoms with van der Waals surface area (Å²) >= 11 is 0. The molecule has 4 aromatic rings. The lowest BCUT2D eigenvalue weighted by atomic mass is 9.80. The van der Waals surface area contributed by atoms with Gasteiger partial charge >= 0.3 is 59.7 Å². The van der Waals surface area contributed by atoms with Gasteiger partial charge < -0.3 is 47.4 Å². The second kappa shape index (κ2) is 54.8. The van der Waals surface area contributed by atoms with Crippen molar-refractivity contribution in [3.8, 4) is 23.0 Å². The summed E-state index contributed by atoms with van der Waals surface area (Å²) in [5, 5.41) is 0. The van der Waals surface area contributed by atoms with Crippen LogP contribution in [0.25, 0.3) is 0 Å². The fourth-order valence-electron chi connectivity index (χ4n) is 15.1. The maximum atomic E-state index is 13.5. The Balaban J connectivity index is 0.000000405. The van der Waals surface area contributed by atoms with Gasteiger partial charge in [0.25, 0.3) is 0 Å². The van der Waals surface area contributed by atoms with Gasteiger partial charge in [0.05, 0.1) is 61.6 Å². The van der Waals surface area contributed by atoms with Crippen molar-refractivity contribution < 1.29 is 119 Å². The first-order valence-corrected chi connectivity index (χ1v) is 44.9. The number of carbonyl (C=O) groups is 15. The van der Waals surface area contributed by atoms with Gasteiger partial charge in [0.15, 0.2) is 5.78 Å². The largest absolute Gasteiger partial charge is 0.465 e. The van der Waals surface area contributed by atoms with Crippen LogP contribution in [0.4, 0.5) is 0 Å². The highest BCUT2D eigenvalue weighted by atomic mass is 16.6. The third-order valence-electron chi connectivity index (χ3n) is 23.4. The lowest BCUT2D eigenvalue weighted by Gasteiger charge is -2.37. The van der Waals surface area contributed by atoms with Crippen LogP contribution in [0.2, 0.25) is 0 Å². The topological polar surface area (TPSA) is 348 Å². The van der Waals surface area contributed by atoms with Crippen molar-refractivity contribution in [1.29, 1.82) is 0 Å². The minimum atomic E-state index is -0.612. The van der Waals surface area contributed by atoms with E-state index in [1.54, 1.807) is 79.7 Å². The normalized spacial score (nSPS) is 19.0. The number of carbonyl (C=O) groups excluding carboxylic acids is 15. The van der Waals surface area contributed by atoms with Crippen molar-refractivity contribution in [3.05, 3.63) is 169 Å². The molecule has 0 N–H and O–H groups in total. The Labute approximate surface area is 748 Å². The van der Waals surface area contributed by atoms with Gasteiger partial charge in [0.2, 0.25) is 0 Å². The standard InChI is InChI=1S/C63H84O13.C31H34O10.C8H14O2/c1-8-50(64)28-29-52(66)14-10-12-44-16-32-56(33-17-44)74-60(70)47-22-26-49(27-23-47)62(72)76-58-41(3)40-57(42(4)43(58)5)75-61(71)48-24-20-46(21-25-48)59(69)73-55-34-18-45(19-35-55)13-11-15-53(67)30-31-54(68)37-39-63(6,7)38-36-51(65)9-2;1-2-27(32)38-20-21-39-29(34)17-16-28(33)37-19-18-22-8-14-26(15-9-22)41-31(36)24-12-10-23(11-13-24)30(35)40-25-6-4-3-5-7-25;1-5-7(9)10-6-8(2,3)4/h9,16-19,32-35,41,46-49,57-58H,2,8,10-15,20-31,36-40H2,1,3-7H3;2-9,14-15,23-24H,1,10-13,16-21H2;5H,1,6H2,2-4H3. The van der Waals surface area contributed by atoms with Crippen LogP contribution >= 0.6 is 0 Å². The number of ether oxygens (including phenoxy) is 10. The van der Waals surface area contributed by atoms with Crippen LogP contribution in [0, 0.1) is 52.3 Å². The third-order valence-corrected chi connectivity index (χ3v) is 23.4. The molecule has 3 saturated carbocycles. The van der Waals surface area contributed by atoms with Gasteiger partial charge in [-0.05, 0) is 229 Å². The molecule has 0 saturated heterocycles. The van der Waals surface area contributed by atoms with Crippen LogP contribution in [-0.4, -0.2) is 127 Å². The molecule has 0 radical (unpaired) electrons. The molecule has 0 heterocycles. The van der Waals surface area contributed by atoms with Crippen molar-refractivity contribution in [2.75, 3.05) is 26.4 Å². The molecule has 3 unspecified atom stereocenters. The van der Waals surface area contributed by atoms with E-state index in [0.717, 1.165) is 33.9 Å². The number of hydrogen-bond acceptors (Lipinski definition) is 25. The van der Waals surface area contributed by atoms with Crippen LogP contribution in [0.5, 0.6) is 23.0 Å². The molecule has 25 nitrogen and oxygen atoms in total. The van der Waals surface area contributed by atoms with Crippen LogP contribution in [0.3, 0.4) is 0 Å². The van der Waals surface area contributed by atoms with Crippen molar-refractivity contribution >= 4 is 88.6 Å². The highest BCUT2D eigenvalue weighted by Gasteiger charge is 2.41. The van der Waals surface area contributed by atoms with Crippen LogP contribution < -0.4 is 18.9 Å². The zero-order chi connectivity index (χ0) is 93.0. The molecule has 4 aromatic carbocycles. The van der Waals surface area contributed by atoms with Gasteiger partial charge in [-0.2, -0.15) is 0 Å². The average molecular weight is 1760 g/mol. The SMILES string of the molecule is C=CC(=O)CCC(C)(C)CCC(=O)CCC(=O)CCCc1ccc(OC(=O)C2CCC(C(=O)OC3CC(C)C(OC(=O)C4CCC(C(=O)Oc5ccc(CCCC(=O)CCC(=O)CC)cc5)CC4)C(C)=C3C)CC2)cc1.C=CC(=O)OCC(C)(C)C.C=CC(=O)OCCOC(=O)CCC(=O)OCCc1ccc(OC(=O)C2CCC(C(=O)Oc3ccccc3)CC2)cc1. The maximum Gasteiger partial charge on any atom is 0.330 e. The predicted octanol–water partition coefficient (Wildman–Crippen LogP) is 18.1. The number of allylic oxidation sites excluding steroid dienone is 1. The highest BCUT2D eigenvalue weighted by molar-refractivity contribution is 5.89. The minimum absolute atomic E-state index is 0.00416. The summed E-state index contributed by atoms with van der Waals surface area (Å²) in [5.41, 5.74) is 4.58. The second-order valence-corrected chi connectivity index (χ2v) is 35.4. The maximum absolute atomic E-state index is 13.5. The van der Waals surface area contributed by atoms with Crippen molar-refractivity contribution in [1.82, 2.24) is 0 Å². The Morgan fingerprint density at radius 2 is 0.724 bits per heavy atom. The number of hydrogen-bond donors (Lipinski definition) is 0. The summed E-state index contributed by atoms with van der Waals surface area (Å²) in [5.74, 6) is -3.64. The van der Waals surface area contributed by atoms with Crippen molar-refractivity contribution in [2.45, 2.75) is 274 Å². The van der Waals surface area contributed by atoms with Crippen LogP contribution in [0.15, 0.2) is 152 Å².